The molecule has 0 aromatic heterocycles. The fraction of sp³-hybridized carbons (Fsp3) is 0.571. The van der Waals surface area contributed by atoms with Crippen molar-refractivity contribution in [3.63, 3.8) is 0 Å². The van der Waals surface area contributed by atoms with Gasteiger partial charge in [0.2, 0.25) is 0 Å². The number of thioether (sulfide) groups is 1. The van der Waals surface area contributed by atoms with E-state index in [9.17, 15) is 0 Å². The Kier molecular flexibility index (Phi) is 2.72. The average Bonchev–Trinajstić information content (AvgIpc) is 2.73. The number of hydrogen-bond donors (Lipinski definition) is 1. The second-order valence-corrected chi connectivity index (χ2v) is 6.05. The lowest BCUT2D eigenvalue weighted by atomic mass is 9.71. The molecule has 86 valence electrons. The predicted octanol–water partition coefficient (Wildman–Crippen LogP) is 3.19. The van der Waals surface area contributed by atoms with Gasteiger partial charge in [0.25, 0.3) is 0 Å². The lowest BCUT2D eigenvalue weighted by molar-refractivity contribution is 0.341. The second kappa shape index (κ2) is 4.08. The molecule has 1 saturated heterocycles. The Hall–Kier alpha value is -0.470. The molecule has 0 amide bonds. The molecule has 1 aromatic carbocycles. The van der Waals surface area contributed by atoms with Crippen molar-refractivity contribution in [1.29, 1.82) is 0 Å². The molecule has 1 spiro atoms. The van der Waals surface area contributed by atoms with E-state index < -0.39 is 0 Å². The summed E-state index contributed by atoms with van der Waals surface area (Å²) < 4.78 is 0. The van der Waals surface area contributed by atoms with Crippen LogP contribution in [0.5, 0.6) is 0 Å². The van der Waals surface area contributed by atoms with Crippen molar-refractivity contribution in [2.75, 3.05) is 12.3 Å². The SMILES string of the molecule is CCC1NCCC12CCSc1ccccc12. The first kappa shape index (κ1) is 10.7. The highest BCUT2D eigenvalue weighted by Crippen LogP contribution is 2.48. The van der Waals surface area contributed by atoms with Gasteiger partial charge in [0, 0.05) is 16.4 Å². The minimum atomic E-state index is 0.441. The maximum atomic E-state index is 3.70. The van der Waals surface area contributed by atoms with Gasteiger partial charge in [-0.15, -0.1) is 11.8 Å². The van der Waals surface area contributed by atoms with Crippen molar-refractivity contribution in [2.45, 2.75) is 42.5 Å². The van der Waals surface area contributed by atoms with Crippen LogP contribution in [0.15, 0.2) is 29.2 Å². The third-order valence-electron chi connectivity index (χ3n) is 4.27. The Balaban J connectivity index is 2.09. The summed E-state index contributed by atoms with van der Waals surface area (Å²) in [6.45, 7) is 3.51. The van der Waals surface area contributed by atoms with Crippen molar-refractivity contribution >= 4 is 11.8 Å². The fourth-order valence-corrected chi connectivity index (χ4v) is 4.77. The van der Waals surface area contributed by atoms with Gasteiger partial charge in [0.1, 0.15) is 0 Å². The monoisotopic (exact) mass is 233 g/mol. The minimum absolute atomic E-state index is 0.441. The standard InChI is InChI=1S/C14H19NS/c1-2-13-14(7-9-15-13)8-10-16-12-6-4-3-5-11(12)14/h3-6,13,15H,2,7-10H2,1H3. The second-order valence-electron chi connectivity index (χ2n) is 4.92. The molecule has 2 unspecified atom stereocenters. The molecule has 1 fully saturated rings. The highest BCUT2D eigenvalue weighted by molar-refractivity contribution is 7.99. The maximum Gasteiger partial charge on any atom is 0.0163 e. The number of hydrogen-bond acceptors (Lipinski definition) is 2. The molecule has 0 saturated carbocycles. The first-order valence-electron chi connectivity index (χ1n) is 6.32. The highest BCUT2D eigenvalue weighted by atomic mass is 32.2. The van der Waals surface area contributed by atoms with Crippen molar-refractivity contribution in [3.05, 3.63) is 29.8 Å². The quantitative estimate of drug-likeness (QED) is 0.799. The van der Waals surface area contributed by atoms with E-state index in [0.717, 1.165) is 0 Å². The molecule has 0 aliphatic carbocycles. The Bertz CT molecular complexity index is 390. The summed E-state index contributed by atoms with van der Waals surface area (Å²) in [7, 11) is 0. The molecule has 1 aromatic rings. The summed E-state index contributed by atoms with van der Waals surface area (Å²) in [6, 6.07) is 9.73. The summed E-state index contributed by atoms with van der Waals surface area (Å²) in [6.07, 6.45) is 3.92. The van der Waals surface area contributed by atoms with E-state index in [1.165, 1.54) is 36.5 Å². The molecule has 0 radical (unpaired) electrons. The van der Waals surface area contributed by atoms with Crippen LogP contribution in [0.3, 0.4) is 0 Å². The van der Waals surface area contributed by atoms with Crippen LogP contribution in [0, 0.1) is 0 Å². The summed E-state index contributed by atoms with van der Waals surface area (Å²) in [4.78, 5) is 1.52. The molecule has 2 atom stereocenters. The third kappa shape index (κ3) is 1.43. The Labute approximate surface area is 102 Å². The van der Waals surface area contributed by atoms with E-state index in [-0.39, 0.29) is 0 Å². The van der Waals surface area contributed by atoms with Crippen molar-refractivity contribution in [2.24, 2.45) is 0 Å². The first-order valence-corrected chi connectivity index (χ1v) is 7.31. The zero-order valence-corrected chi connectivity index (χ0v) is 10.6. The molecule has 1 N–H and O–H groups in total. The number of rotatable bonds is 1. The third-order valence-corrected chi connectivity index (χ3v) is 5.34. The normalized spacial score (nSPS) is 32.9. The van der Waals surface area contributed by atoms with Gasteiger partial charge < -0.3 is 5.32 Å². The van der Waals surface area contributed by atoms with Crippen molar-refractivity contribution < 1.29 is 0 Å². The number of fused-ring (bicyclic) bond motifs is 2. The first-order chi connectivity index (χ1) is 7.87. The van der Waals surface area contributed by atoms with E-state index in [1.54, 1.807) is 5.56 Å². The number of benzene rings is 1. The number of nitrogens with one attached hydrogen (secondary N) is 1. The maximum absolute atomic E-state index is 3.70. The molecule has 2 heterocycles. The zero-order valence-electron chi connectivity index (χ0n) is 9.83. The van der Waals surface area contributed by atoms with E-state index in [4.69, 9.17) is 0 Å². The molecular weight excluding hydrogens is 214 g/mol. The van der Waals surface area contributed by atoms with Crippen LogP contribution >= 0.6 is 11.8 Å². The lowest BCUT2D eigenvalue weighted by Crippen LogP contribution is -2.42. The van der Waals surface area contributed by atoms with E-state index in [0.29, 0.717) is 11.5 Å². The van der Waals surface area contributed by atoms with Crippen LogP contribution in [0.25, 0.3) is 0 Å². The smallest absolute Gasteiger partial charge is 0.0163 e. The van der Waals surface area contributed by atoms with Crippen LogP contribution in [0.2, 0.25) is 0 Å². The largest absolute Gasteiger partial charge is 0.313 e. The molecule has 2 aliphatic heterocycles. The van der Waals surface area contributed by atoms with Crippen LogP contribution in [0.4, 0.5) is 0 Å². The molecule has 16 heavy (non-hydrogen) atoms. The highest BCUT2D eigenvalue weighted by Gasteiger charge is 2.45. The van der Waals surface area contributed by atoms with Gasteiger partial charge in [0.05, 0.1) is 0 Å². The summed E-state index contributed by atoms with van der Waals surface area (Å²) in [5, 5.41) is 3.70. The summed E-state index contributed by atoms with van der Waals surface area (Å²) >= 11 is 2.03. The Morgan fingerprint density at radius 1 is 1.38 bits per heavy atom. The van der Waals surface area contributed by atoms with Gasteiger partial charge in [-0.25, -0.2) is 0 Å². The summed E-state index contributed by atoms with van der Waals surface area (Å²) in [5.74, 6) is 1.29. The average molecular weight is 233 g/mol. The zero-order chi connectivity index (χ0) is 11.0. The van der Waals surface area contributed by atoms with E-state index >= 15 is 0 Å². The van der Waals surface area contributed by atoms with Crippen molar-refractivity contribution in [3.8, 4) is 0 Å². The van der Waals surface area contributed by atoms with Crippen molar-refractivity contribution in [1.82, 2.24) is 5.32 Å². The Morgan fingerprint density at radius 3 is 3.12 bits per heavy atom. The van der Waals surface area contributed by atoms with Crippen LogP contribution in [-0.4, -0.2) is 18.3 Å². The van der Waals surface area contributed by atoms with E-state index in [2.05, 4.69) is 36.5 Å². The lowest BCUT2D eigenvalue weighted by Gasteiger charge is -2.39. The van der Waals surface area contributed by atoms with Gasteiger partial charge >= 0.3 is 0 Å². The molecule has 2 aliphatic rings. The predicted molar refractivity (Wildman–Crippen MR) is 70.2 cm³/mol. The van der Waals surface area contributed by atoms with E-state index in [1.807, 2.05) is 11.8 Å². The minimum Gasteiger partial charge on any atom is -0.313 e. The van der Waals surface area contributed by atoms with Crippen LogP contribution in [0.1, 0.15) is 31.7 Å². The molecule has 0 bridgehead atoms. The van der Waals surface area contributed by atoms with Crippen LogP contribution in [-0.2, 0) is 5.41 Å². The fourth-order valence-electron chi connectivity index (χ4n) is 3.48. The van der Waals surface area contributed by atoms with Crippen LogP contribution < -0.4 is 5.32 Å². The molecule has 1 nitrogen and oxygen atoms in total. The summed E-state index contributed by atoms with van der Waals surface area (Å²) in [5.41, 5.74) is 2.06. The molecule has 2 heteroatoms. The van der Waals surface area contributed by atoms with Gasteiger partial charge in [-0.2, -0.15) is 0 Å². The van der Waals surface area contributed by atoms with Gasteiger partial charge in [-0.1, -0.05) is 25.1 Å². The topological polar surface area (TPSA) is 12.0 Å². The molecule has 3 rings (SSSR count). The van der Waals surface area contributed by atoms with Gasteiger partial charge in [-0.05, 0) is 43.2 Å². The van der Waals surface area contributed by atoms with Gasteiger partial charge in [-0.3, -0.25) is 0 Å². The molecular formula is C14H19NS. The van der Waals surface area contributed by atoms with Gasteiger partial charge in [0.15, 0.2) is 0 Å². The Morgan fingerprint density at radius 2 is 2.25 bits per heavy atom.